The summed E-state index contributed by atoms with van der Waals surface area (Å²) in [4.78, 5) is 26.1. The predicted octanol–water partition coefficient (Wildman–Crippen LogP) is 5.66. The molecule has 0 spiro atoms. The standard InChI is InChI=1S/C28H32N2O4/c1-28(2,3)34-27(32)29-18-20-11-13-22(14-12-20)23-15-24(26(31)30(4)5)17-25(16-23)33-19-21-9-7-6-8-10-21/h6-17H,18-19H2,1-5H3,(H,29,32). The molecule has 178 valence electrons. The van der Waals surface area contributed by atoms with Crippen molar-refractivity contribution < 1.29 is 19.1 Å². The van der Waals surface area contributed by atoms with Crippen molar-refractivity contribution in [1.29, 1.82) is 0 Å². The van der Waals surface area contributed by atoms with Gasteiger partial charge in [-0.2, -0.15) is 0 Å². The number of carbonyl (C=O) groups is 2. The van der Waals surface area contributed by atoms with Crippen molar-refractivity contribution in [3.05, 3.63) is 89.5 Å². The van der Waals surface area contributed by atoms with Gasteiger partial charge >= 0.3 is 6.09 Å². The largest absolute Gasteiger partial charge is 0.489 e. The zero-order valence-electron chi connectivity index (χ0n) is 20.4. The summed E-state index contributed by atoms with van der Waals surface area (Å²) in [5, 5.41) is 2.76. The average molecular weight is 461 g/mol. The van der Waals surface area contributed by atoms with Crippen LogP contribution < -0.4 is 10.1 Å². The molecule has 3 aromatic rings. The molecule has 0 aliphatic rings. The van der Waals surface area contributed by atoms with Gasteiger partial charge in [0.1, 0.15) is 18.0 Å². The Morgan fingerprint density at radius 1 is 0.853 bits per heavy atom. The van der Waals surface area contributed by atoms with Crippen LogP contribution in [-0.4, -0.2) is 36.6 Å². The van der Waals surface area contributed by atoms with E-state index in [-0.39, 0.29) is 5.91 Å². The minimum atomic E-state index is -0.538. The van der Waals surface area contributed by atoms with Gasteiger partial charge in [-0.05, 0) is 61.2 Å². The van der Waals surface area contributed by atoms with Crippen LogP contribution in [0.3, 0.4) is 0 Å². The molecule has 34 heavy (non-hydrogen) atoms. The molecule has 1 N–H and O–H groups in total. The highest BCUT2D eigenvalue weighted by Crippen LogP contribution is 2.28. The lowest BCUT2D eigenvalue weighted by atomic mass is 10.0. The minimum Gasteiger partial charge on any atom is -0.489 e. The van der Waals surface area contributed by atoms with Crippen molar-refractivity contribution in [2.45, 2.75) is 39.5 Å². The molecule has 6 heteroatoms. The van der Waals surface area contributed by atoms with E-state index in [4.69, 9.17) is 9.47 Å². The molecule has 0 saturated carbocycles. The van der Waals surface area contributed by atoms with E-state index in [2.05, 4.69) is 5.32 Å². The second kappa shape index (κ2) is 10.9. The number of nitrogens with one attached hydrogen (secondary N) is 1. The average Bonchev–Trinajstić information content (AvgIpc) is 2.80. The first-order chi connectivity index (χ1) is 16.1. The van der Waals surface area contributed by atoms with Crippen LogP contribution in [-0.2, 0) is 17.9 Å². The first kappa shape index (κ1) is 24.8. The van der Waals surface area contributed by atoms with Crippen LogP contribution in [0.25, 0.3) is 11.1 Å². The summed E-state index contributed by atoms with van der Waals surface area (Å²) >= 11 is 0. The lowest BCUT2D eigenvalue weighted by Gasteiger charge is -2.19. The molecule has 6 nitrogen and oxygen atoms in total. The molecule has 0 saturated heterocycles. The van der Waals surface area contributed by atoms with E-state index >= 15 is 0 Å². The number of nitrogens with zero attached hydrogens (tertiary/aromatic N) is 1. The lowest BCUT2D eigenvalue weighted by molar-refractivity contribution is 0.0523. The summed E-state index contributed by atoms with van der Waals surface area (Å²) in [5.41, 5.74) is 3.83. The molecule has 0 aliphatic heterocycles. The topological polar surface area (TPSA) is 67.9 Å². The van der Waals surface area contributed by atoms with Gasteiger partial charge in [0, 0.05) is 26.2 Å². The van der Waals surface area contributed by atoms with Crippen LogP contribution in [0.5, 0.6) is 5.75 Å². The van der Waals surface area contributed by atoms with Crippen molar-refractivity contribution in [2.24, 2.45) is 0 Å². The highest BCUT2D eigenvalue weighted by molar-refractivity contribution is 5.95. The first-order valence-corrected chi connectivity index (χ1v) is 11.2. The summed E-state index contributed by atoms with van der Waals surface area (Å²) in [6.45, 7) is 6.26. The molecule has 0 radical (unpaired) electrons. The van der Waals surface area contributed by atoms with Crippen molar-refractivity contribution >= 4 is 12.0 Å². The maximum atomic E-state index is 12.7. The molecule has 3 rings (SSSR count). The molecule has 0 unspecified atom stereocenters. The fourth-order valence-corrected chi connectivity index (χ4v) is 3.28. The summed E-state index contributed by atoms with van der Waals surface area (Å²) < 4.78 is 11.3. The van der Waals surface area contributed by atoms with Crippen LogP contribution in [0, 0.1) is 0 Å². The number of benzene rings is 3. The highest BCUT2D eigenvalue weighted by Gasteiger charge is 2.16. The van der Waals surface area contributed by atoms with Gasteiger partial charge in [0.2, 0.25) is 0 Å². The molecule has 3 aromatic carbocycles. The Bertz CT molecular complexity index is 1120. The van der Waals surface area contributed by atoms with Crippen molar-refractivity contribution in [2.75, 3.05) is 14.1 Å². The number of rotatable bonds is 7. The number of alkyl carbamates (subject to hydrolysis) is 1. The molecule has 0 aromatic heterocycles. The van der Waals surface area contributed by atoms with Crippen LogP contribution >= 0.6 is 0 Å². The van der Waals surface area contributed by atoms with Crippen LogP contribution in [0.1, 0.15) is 42.3 Å². The van der Waals surface area contributed by atoms with Gasteiger partial charge in [-0.25, -0.2) is 4.79 Å². The van der Waals surface area contributed by atoms with Gasteiger partial charge < -0.3 is 19.7 Å². The normalized spacial score (nSPS) is 11.0. The zero-order chi connectivity index (χ0) is 24.7. The Hall–Kier alpha value is -3.80. The fourth-order valence-electron chi connectivity index (χ4n) is 3.28. The lowest BCUT2D eigenvalue weighted by Crippen LogP contribution is -2.32. The number of amides is 2. The predicted molar refractivity (Wildman–Crippen MR) is 134 cm³/mol. The van der Waals surface area contributed by atoms with E-state index in [9.17, 15) is 9.59 Å². The zero-order valence-corrected chi connectivity index (χ0v) is 20.4. The Morgan fingerprint density at radius 3 is 2.15 bits per heavy atom. The molecular formula is C28H32N2O4. The van der Waals surface area contributed by atoms with E-state index in [1.807, 2.05) is 87.5 Å². The summed E-state index contributed by atoms with van der Waals surface area (Å²) in [5.74, 6) is 0.534. The third kappa shape index (κ3) is 7.37. The number of hydrogen-bond donors (Lipinski definition) is 1. The van der Waals surface area contributed by atoms with E-state index in [1.165, 1.54) is 0 Å². The van der Waals surface area contributed by atoms with Crippen LogP contribution in [0.2, 0.25) is 0 Å². The molecule has 0 aliphatic carbocycles. The molecular weight excluding hydrogens is 428 g/mol. The van der Waals surface area contributed by atoms with Crippen molar-refractivity contribution in [3.8, 4) is 16.9 Å². The summed E-state index contributed by atoms with van der Waals surface area (Å²) in [7, 11) is 3.46. The maximum absolute atomic E-state index is 12.7. The van der Waals surface area contributed by atoms with Gasteiger partial charge in [0.05, 0.1) is 0 Å². The monoisotopic (exact) mass is 460 g/mol. The van der Waals surface area contributed by atoms with E-state index < -0.39 is 11.7 Å². The minimum absolute atomic E-state index is 0.0930. The molecule has 0 bridgehead atoms. The second-order valence-corrected chi connectivity index (χ2v) is 9.27. The molecule has 0 atom stereocenters. The molecule has 0 heterocycles. The molecule has 2 amide bonds. The van der Waals surface area contributed by atoms with Crippen molar-refractivity contribution in [3.63, 3.8) is 0 Å². The van der Waals surface area contributed by atoms with Gasteiger partial charge in [-0.3, -0.25) is 4.79 Å². The van der Waals surface area contributed by atoms with Crippen molar-refractivity contribution in [1.82, 2.24) is 10.2 Å². The quantitative estimate of drug-likeness (QED) is 0.494. The number of ether oxygens (including phenoxy) is 2. The SMILES string of the molecule is CN(C)C(=O)c1cc(OCc2ccccc2)cc(-c2ccc(CNC(=O)OC(C)(C)C)cc2)c1. The Labute approximate surface area is 201 Å². The maximum Gasteiger partial charge on any atom is 0.407 e. The second-order valence-electron chi connectivity index (χ2n) is 9.27. The first-order valence-electron chi connectivity index (χ1n) is 11.2. The Kier molecular flexibility index (Phi) is 7.95. The van der Waals surface area contributed by atoms with Gasteiger partial charge in [-0.15, -0.1) is 0 Å². The van der Waals surface area contributed by atoms with Gasteiger partial charge in [0.25, 0.3) is 5.91 Å². The third-order valence-electron chi connectivity index (χ3n) is 4.93. The fraction of sp³-hybridized carbons (Fsp3) is 0.286. The van der Waals surface area contributed by atoms with E-state index in [0.29, 0.717) is 24.5 Å². The molecule has 0 fully saturated rings. The van der Waals surface area contributed by atoms with Gasteiger partial charge in [0.15, 0.2) is 0 Å². The summed E-state index contributed by atoms with van der Waals surface area (Å²) in [6.07, 6.45) is -0.452. The number of hydrogen-bond acceptors (Lipinski definition) is 4. The van der Waals surface area contributed by atoms with Crippen LogP contribution in [0.15, 0.2) is 72.8 Å². The van der Waals surface area contributed by atoms with E-state index in [0.717, 1.165) is 22.3 Å². The number of carbonyl (C=O) groups excluding carboxylic acids is 2. The summed E-state index contributed by atoms with van der Waals surface area (Å²) in [6, 6.07) is 23.3. The highest BCUT2D eigenvalue weighted by atomic mass is 16.6. The van der Waals surface area contributed by atoms with Crippen LogP contribution in [0.4, 0.5) is 4.79 Å². The van der Waals surface area contributed by atoms with E-state index in [1.54, 1.807) is 25.1 Å². The third-order valence-corrected chi connectivity index (χ3v) is 4.93. The Balaban J connectivity index is 1.78. The smallest absolute Gasteiger partial charge is 0.407 e. The van der Waals surface area contributed by atoms with Gasteiger partial charge in [-0.1, -0.05) is 54.6 Å². The Morgan fingerprint density at radius 2 is 1.53 bits per heavy atom.